The molecule has 0 saturated heterocycles. The number of benzene rings is 1. The normalized spacial score (nSPS) is 15.0. The van der Waals surface area contributed by atoms with Crippen LogP contribution in [-0.4, -0.2) is 22.8 Å². The molecular formula is C22H27N3O2. The SMILES string of the molecule is Cc1cccc(NC(=O)c2cccc(C(=O)NC3CCCCCC3)n2)c1C. The molecule has 1 aliphatic rings. The maximum absolute atomic E-state index is 12.6. The molecule has 1 aromatic heterocycles. The van der Waals surface area contributed by atoms with Crippen molar-refractivity contribution in [2.45, 2.75) is 58.4 Å². The van der Waals surface area contributed by atoms with E-state index in [4.69, 9.17) is 0 Å². The van der Waals surface area contributed by atoms with Gasteiger partial charge in [0, 0.05) is 11.7 Å². The molecule has 1 fully saturated rings. The van der Waals surface area contributed by atoms with E-state index >= 15 is 0 Å². The number of pyridine rings is 1. The average Bonchev–Trinajstić information content (AvgIpc) is 2.94. The summed E-state index contributed by atoms with van der Waals surface area (Å²) in [5.41, 5.74) is 3.41. The van der Waals surface area contributed by atoms with Crippen LogP contribution >= 0.6 is 0 Å². The molecule has 2 aromatic rings. The van der Waals surface area contributed by atoms with E-state index in [1.165, 1.54) is 12.8 Å². The van der Waals surface area contributed by atoms with Gasteiger partial charge in [-0.1, -0.05) is 43.9 Å². The summed E-state index contributed by atoms with van der Waals surface area (Å²) < 4.78 is 0. The molecule has 0 radical (unpaired) electrons. The van der Waals surface area contributed by atoms with Crippen molar-refractivity contribution >= 4 is 17.5 Å². The Labute approximate surface area is 160 Å². The lowest BCUT2D eigenvalue weighted by atomic mass is 10.1. The number of hydrogen-bond acceptors (Lipinski definition) is 3. The van der Waals surface area contributed by atoms with E-state index in [0.29, 0.717) is 0 Å². The molecule has 2 amide bonds. The molecule has 142 valence electrons. The molecule has 0 spiro atoms. The Hall–Kier alpha value is -2.69. The second kappa shape index (κ2) is 8.80. The summed E-state index contributed by atoms with van der Waals surface area (Å²) in [4.78, 5) is 29.4. The lowest BCUT2D eigenvalue weighted by molar-refractivity contribution is 0.0928. The quantitative estimate of drug-likeness (QED) is 0.789. The van der Waals surface area contributed by atoms with E-state index in [1.54, 1.807) is 18.2 Å². The first-order valence-corrected chi connectivity index (χ1v) is 9.70. The molecule has 5 nitrogen and oxygen atoms in total. The largest absolute Gasteiger partial charge is 0.348 e. The van der Waals surface area contributed by atoms with Crippen LogP contribution in [-0.2, 0) is 0 Å². The first kappa shape index (κ1) is 19.1. The Morgan fingerprint density at radius 2 is 1.52 bits per heavy atom. The molecule has 2 N–H and O–H groups in total. The molecule has 27 heavy (non-hydrogen) atoms. The number of carbonyl (C=O) groups excluding carboxylic acids is 2. The molecule has 0 aliphatic heterocycles. The predicted molar refractivity (Wildman–Crippen MR) is 107 cm³/mol. The molecular weight excluding hydrogens is 338 g/mol. The van der Waals surface area contributed by atoms with Crippen molar-refractivity contribution in [2.24, 2.45) is 0 Å². The maximum atomic E-state index is 12.6. The van der Waals surface area contributed by atoms with Crippen LogP contribution in [0.3, 0.4) is 0 Å². The smallest absolute Gasteiger partial charge is 0.274 e. The second-order valence-electron chi connectivity index (χ2n) is 7.27. The fraction of sp³-hybridized carbons (Fsp3) is 0.409. The zero-order valence-electron chi connectivity index (χ0n) is 16.0. The Kier molecular flexibility index (Phi) is 6.22. The van der Waals surface area contributed by atoms with Crippen LogP contribution in [0.15, 0.2) is 36.4 Å². The Morgan fingerprint density at radius 1 is 0.889 bits per heavy atom. The topological polar surface area (TPSA) is 71.1 Å². The van der Waals surface area contributed by atoms with E-state index in [9.17, 15) is 9.59 Å². The highest BCUT2D eigenvalue weighted by atomic mass is 16.2. The summed E-state index contributed by atoms with van der Waals surface area (Å²) in [5, 5.41) is 5.96. The third-order valence-electron chi connectivity index (χ3n) is 5.26. The maximum Gasteiger partial charge on any atom is 0.274 e. The number of carbonyl (C=O) groups is 2. The summed E-state index contributed by atoms with van der Waals surface area (Å²) in [7, 11) is 0. The van der Waals surface area contributed by atoms with Gasteiger partial charge in [-0.2, -0.15) is 0 Å². The average molecular weight is 365 g/mol. The van der Waals surface area contributed by atoms with Crippen LogP contribution in [0.1, 0.15) is 70.6 Å². The number of nitrogens with zero attached hydrogens (tertiary/aromatic N) is 1. The zero-order chi connectivity index (χ0) is 19.2. The Balaban J connectivity index is 1.69. The van der Waals surface area contributed by atoms with Crippen LogP contribution in [0.4, 0.5) is 5.69 Å². The first-order chi connectivity index (χ1) is 13.0. The van der Waals surface area contributed by atoms with Gasteiger partial charge in [0.25, 0.3) is 11.8 Å². The number of anilines is 1. The van der Waals surface area contributed by atoms with E-state index < -0.39 is 0 Å². The van der Waals surface area contributed by atoms with Crippen molar-refractivity contribution in [1.82, 2.24) is 10.3 Å². The third kappa shape index (κ3) is 4.94. The molecule has 0 bridgehead atoms. The monoisotopic (exact) mass is 365 g/mol. The summed E-state index contributed by atoms with van der Waals surface area (Å²) in [5.74, 6) is -0.517. The fourth-order valence-electron chi connectivity index (χ4n) is 3.44. The van der Waals surface area contributed by atoms with Gasteiger partial charge in [0.15, 0.2) is 0 Å². The third-order valence-corrected chi connectivity index (χ3v) is 5.26. The number of aryl methyl sites for hydroxylation is 1. The summed E-state index contributed by atoms with van der Waals surface area (Å²) >= 11 is 0. The van der Waals surface area contributed by atoms with Gasteiger partial charge in [-0.3, -0.25) is 9.59 Å². The minimum atomic E-state index is -0.312. The van der Waals surface area contributed by atoms with Crippen molar-refractivity contribution < 1.29 is 9.59 Å². The van der Waals surface area contributed by atoms with Crippen LogP contribution in [0.2, 0.25) is 0 Å². The van der Waals surface area contributed by atoms with Gasteiger partial charge < -0.3 is 10.6 Å². The number of rotatable bonds is 4. The summed E-state index contributed by atoms with van der Waals surface area (Å²) in [6.45, 7) is 3.97. The van der Waals surface area contributed by atoms with Crippen molar-refractivity contribution in [3.05, 3.63) is 58.9 Å². The van der Waals surface area contributed by atoms with Crippen LogP contribution in [0.5, 0.6) is 0 Å². The highest BCUT2D eigenvalue weighted by Gasteiger charge is 2.18. The van der Waals surface area contributed by atoms with Crippen LogP contribution in [0, 0.1) is 13.8 Å². The Bertz CT molecular complexity index is 824. The molecule has 0 unspecified atom stereocenters. The van der Waals surface area contributed by atoms with Crippen molar-refractivity contribution in [3.8, 4) is 0 Å². The molecule has 1 aliphatic carbocycles. The number of hydrogen-bond donors (Lipinski definition) is 2. The zero-order valence-corrected chi connectivity index (χ0v) is 16.0. The van der Waals surface area contributed by atoms with Crippen molar-refractivity contribution in [2.75, 3.05) is 5.32 Å². The van der Waals surface area contributed by atoms with E-state index in [-0.39, 0.29) is 29.2 Å². The molecule has 1 heterocycles. The minimum Gasteiger partial charge on any atom is -0.348 e. The highest BCUT2D eigenvalue weighted by Crippen LogP contribution is 2.19. The number of nitrogens with one attached hydrogen (secondary N) is 2. The predicted octanol–water partition coefficient (Wildman–Crippen LogP) is 4.40. The van der Waals surface area contributed by atoms with Gasteiger partial charge in [-0.15, -0.1) is 0 Å². The van der Waals surface area contributed by atoms with Crippen LogP contribution in [0.25, 0.3) is 0 Å². The van der Waals surface area contributed by atoms with Gasteiger partial charge in [0.2, 0.25) is 0 Å². The molecule has 1 aromatic carbocycles. The van der Waals surface area contributed by atoms with E-state index in [0.717, 1.165) is 42.5 Å². The van der Waals surface area contributed by atoms with Gasteiger partial charge >= 0.3 is 0 Å². The molecule has 5 heteroatoms. The van der Waals surface area contributed by atoms with E-state index in [1.807, 2.05) is 32.0 Å². The highest BCUT2D eigenvalue weighted by molar-refractivity contribution is 6.04. The van der Waals surface area contributed by atoms with Gasteiger partial charge in [-0.25, -0.2) is 4.98 Å². The standard InChI is InChI=1S/C22H27N3O2/c1-15-9-7-12-18(16(15)2)25-22(27)20-14-8-13-19(24-20)21(26)23-17-10-5-3-4-6-11-17/h7-9,12-14,17H,3-6,10-11H2,1-2H3,(H,23,26)(H,25,27). The Morgan fingerprint density at radius 3 is 2.22 bits per heavy atom. The molecule has 0 atom stereocenters. The van der Waals surface area contributed by atoms with E-state index in [2.05, 4.69) is 15.6 Å². The van der Waals surface area contributed by atoms with Crippen LogP contribution < -0.4 is 10.6 Å². The van der Waals surface area contributed by atoms with Gasteiger partial charge in [-0.05, 0) is 56.0 Å². The number of amides is 2. The van der Waals surface area contributed by atoms with Gasteiger partial charge in [0.05, 0.1) is 0 Å². The molecule has 1 saturated carbocycles. The molecule has 3 rings (SSSR count). The fourth-order valence-corrected chi connectivity index (χ4v) is 3.44. The number of aromatic nitrogens is 1. The second-order valence-corrected chi connectivity index (χ2v) is 7.27. The van der Waals surface area contributed by atoms with Crippen molar-refractivity contribution in [1.29, 1.82) is 0 Å². The summed E-state index contributed by atoms with van der Waals surface area (Å²) in [6, 6.07) is 11.0. The lowest BCUT2D eigenvalue weighted by Crippen LogP contribution is -2.35. The lowest BCUT2D eigenvalue weighted by Gasteiger charge is -2.16. The summed E-state index contributed by atoms with van der Waals surface area (Å²) in [6.07, 6.45) is 6.79. The van der Waals surface area contributed by atoms with Crippen molar-refractivity contribution in [3.63, 3.8) is 0 Å². The minimum absolute atomic E-state index is 0.203. The van der Waals surface area contributed by atoms with Gasteiger partial charge in [0.1, 0.15) is 11.4 Å². The first-order valence-electron chi connectivity index (χ1n) is 9.70.